The van der Waals surface area contributed by atoms with Crippen LogP contribution in [-0.2, 0) is 28.6 Å². The van der Waals surface area contributed by atoms with Gasteiger partial charge in [-0.1, -0.05) is 254 Å². The summed E-state index contributed by atoms with van der Waals surface area (Å²) in [5.74, 6) is -1.14. The van der Waals surface area contributed by atoms with Crippen molar-refractivity contribution in [2.75, 3.05) is 13.2 Å². The summed E-state index contributed by atoms with van der Waals surface area (Å²) in [6.07, 6.45) is 97.4. The van der Waals surface area contributed by atoms with Gasteiger partial charge in [-0.05, 0) is 141 Å². The molecule has 0 rings (SSSR count). The molecule has 0 aliphatic rings. The van der Waals surface area contributed by atoms with Crippen molar-refractivity contribution < 1.29 is 28.6 Å². The maximum Gasteiger partial charge on any atom is 0.310 e. The highest BCUT2D eigenvalue weighted by Gasteiger charge is 2.19. The van der Waals surface area contributed by atoms with Gasteiger partial charge in [0.25, 0.3) is 0 Å². The molecule has 0 saturated carbocycles. The molecule has 0 saturated heterocycles. The van der Waals surface area contributed by atoms with E-state index in [9.17, 15) is 14.4 Å². The number of carbonyl (C=O) groups excluding carboxylic acids is 3. The van der Waals surface area contributed by atoms with Crippen LogP contribution in [0.25, 0.3) is 0 Å². The molecule has 6 nitrogen and oxygen atoms in total. The van der Waals surface area contributed by atoms with Crippen molar-refractivity contribution in [3.05, 3.63) is 194 Å². The van der Waals surface area contributed by atoms with Gasteiger partial charge in [0.15, 0.2) is 6.10 Å². The summed E-state index contributed by atoms with van der Waals surface area (Å²) in [7, 11) is 0. The smallest absolute Gasteiger partial charge is 0.310 e. The third kappa shape index (κ3) is 61.1. The highest BCUT2D eigenvalue weighted by Crippen LogP contribution is 2.11. The molecule has 78 heavy (non-hydrogen) atoms. The highest BCUT2D eigenvalue weighted by atomic mass is 16.6. The van der Waals surface area contributed by atoms with Gasteiger partial charge in [-0.15, -0.1) is 0 Å². The fourth-order valence-corrected chi connectivity index (χ4v) is 7.35. The largest absolute Gasteiger partial charge is 0.462 e. The number of hydrogen-bond acceptors (Lipinski definition) is 6. The number of carbonyl (C=O) groups is 3. The average Bonchev–Trinajstić information content (AvgIpc) is 3.44. The zero-order valence-corrected chi connectivity index (χ0v) is 49.3. The summed E-state index contributed by atoms with van der Waals surface area (Å²) in [5.41, 5.74) is 0. The molecular formula is C72H108O6. The summed E-state index contributed by atoms with van der Waals surface area (Å²) in [6.45, 7) is 6.22. The Bertz CT molecular complexity index is 1900. The van der Waals surface area contributed by atoms with E-state index < -0.39 is 12.1 Å². The average molecular weight is 1070 g/mol. The standard InChI is InChI=1S/C72H108O6/c1-4-7-10-13-16-19-22-25-28-29-30-31-32-33-34-35-36-37-38-39-40-41-42-43-45-47-50-53-56-59-62-65-71(74)77-68-69(67-76-70(73)64-61-58-55-52-49-46-27-24-21-18-15-12-9-6-3)78-72(75)66-63-60-57-54-51-48-44-26-23-20-17-14-11-8-5-2/h7-8,10-11,15-20,24-28,30-31,33-34,36-37,39-40,42-44,47,50-51,54,60,63,69H,4-6,9,12-14,21-23,29,32,35,38,41,45-46,48-49,52-53,55-59,61-62,64-68H2,1-3H3/b10-7-,11-8-,18-15-,19-16-,20-17-,27-24-,28-25-,31-30-,34-33-,37-36-,40-39-,43-42-,44-26-,50-47-,54-51-,63-60-. The summed E-state index contributed by atoms with van der Waals surface area (Å²) in [4.78, 5) is 38.1. The lowest BCUT2D eigenvalue weighted by Crippen LogP contribution is -2.30. The van der Waals surface area contributed by atoms with Crippen molar-refractivity contribution in [1.82, 2.24) is 0 Å². The van der Waals surface area contributed by atoms with Crippen LogP contribution in [0.5, 0.6) is 0 Å². The van der Waals surface area contributed by atoms with Gasteiger partial charge < -0.3 is 14.2 Å². The molecule has 1 atom stereocenters. The summed E-state index contributed by atoms with van der Waals surface area (Å²) in [5, 5.41) is 0. The molecule has 432 valence electrons. The molecule has 1 unspecified atom stereocenters. The Balaban J connectivity index is 4.50. The van der Waals surface area contributed by atoms with Gasteiger partial charge in [-0.2, -0.15) is 0 Å². The van der Waals surface area contributed by atoms with Crippen LogP contribution >= 0.6 is 0 Å². The molecule has 0 aromatic carbocycles. The molecule has 0 aromatic heterocycles. The zero-order valence-electron chi connectivity index (χ0n) is 49.3. The third-order valence-electron chi connectivity index (χ3n) is 11.8. The Morgan fingerprint density at radius 3 is 0.859 bits per heavy atom. The predicted octanol–water partition coefficient (Wildman–Crippen LogP) is 21.0. The molecule has 0 amide bonds. The lowest BCUT2D eigenvalue weighted by molar-refractivity contribution is -0.166. The molecule has 0 bridgehead atoms. The normalized spacial score (nSPS) is 13.5. The molecule has 0 N–H and O–H groups in total. The van der Waals surface area contributed by atoms with Crippen LogP contribution in [0, 0.1) is 0 Å². The molecular weight excluding hydrogens is 961 g/mol. The quantitative estimate of drug-likeness (QED) is 0.0261. The van der Waals surface area contributed by atoms with Crippen LogP contribution < -0.4 is 0 Å². The van der Waals surface area contributed by atoms with Gasteiger partial charge >= 0.3 is 17.9 Å². The first-order valence-corrected chi connectivity index (χ1v) is 30.4. The topological polar surface area (TPSA) is 78.9 Å². The van der Waals surface area contributed by atoms with E-state index in [4.69, 9.17) is 14.2 Å². The SMILES string of the molecule is CC/C=C\C/C=C\C/C=C\C/C=C\C/C=C\C/C=C\C/C=C\C/C=C\C/C=C\CCCCCC(=O)OCC(COC(=O)CCCCCCC/C=C\C/C=C\CCCC)OC(=O)C/C=C\C/C=C\C/C=C\C/C=C\C/C=C\CC. The molecule has 0 fully saturated rings. The zero-order chi connectivity index (χ0) is 56.4. The minimum absolute atomic E-state index is 0.0756. The number of ether oxygens (including phenoxy) is 3. The van der Waals surface area contributed by atoms with Gasteiger partial charge in [-0.25, -0.2) is 0 Å². The van der Waals surface area contributed by atoms with E-state index in [-0.39, 0.29) is 38.0 Å². The maximum absolute atomic E-state index is 12.8. The number of rotatable bonds is 52. The van der Waals surface area contributed by atoms with E-state index in [1.165, 1.54) is 19.3 Å². The maximum atomic E-state index is 12.8. The molecule has 0 aliphatic carbocycles. The first-order valence-electron chi connectivity index (χ1n) is 30.4. The molecule has 0 aliphatic heterocycles. The van der Waals surface area contributed by atoms with E-state index in [1.807, 2.05) is 6.08 Å². The van der Waals surface area contributed by atoms with Crippen molar-refractivity contribution >= 4 is 17.9 Å². The van der Waals surface area contributed by atoms with Gasteiger partial charge in [0.05, 0.1) is 6.42 Å². The number of esters is 3. The first-order chi connectivity index (χ1) is 38.5. The molecule has 0 aromatic rings. The van der Waals surface area contributed by atoms with E-state index in [0.29, 0.717) is 19.3 Å². The van der Waals surface area contributed by atoms with Crippen molar-refractivity contribution in [2.24, 2.45) is 0 Å². The van der Waals surface area contributed by atoms with E-state index in [1.54, 1.807) is 6.08 Å². The van der Waals surface area contributed by atoms with E-state index in [2.05, 4.69) is 203 Å². The number of unbranched alkanes of at least 4 members (excludes halogenated alkanes) is 10. The summed E-state index contributed by atoms with van der Waals surface area (Å²) < 4.78 is 16.7. The fraction of sp³-hybridized carbons (Fsp3) is 0.514. The van der Waals surface area contributed by atoms with E-state index >= 15 is 0 Å². The highest BCUT2D eigenvalue weighted by molar-refractivity contribution is 5.72. The van der Waals surface area contributed by atoms with Crippen LogP contribution in [0.3, 0.4) is 0 Å². The van der Waals surface area contributed by atoms with Crippen molar-refractivity contribution in [3.8, 4) is 0 Å². The Kier molecular flexibility index (Phi) is 59.1. The van der Waals surface area contributed by atoms with Gasteiger partial charge in [0.2, 0.25) is 0 Å². The van der Waals surface area contributed by atoms with Crippen molar-refractivity contribution in [2.45, 2.75) is 226 Å². The van der Waals surface area contributed by atoms with Crippen LogP contribution in [-0.4, -0.2) is 37.2 Å². The molecule has 6 heteroatoms. The van der Waals surface area contributed by atoms with Crippen molar-refractivity contribution in [3.63, 3.8) is 0 Å². The van der Waals surface area contributed by atoms with Crippen LogP contribution in [0.1, 0.15) is 220 Å². The monoisotopic (exact) mass is 1070 g/mol. The van der Waals surface area contributed by atoms with Crippen LogP contribution in [0.2, 0.25) is 0 Å². The minimum atomic E-state index is -0.864. The van der Waals surface area contributed by atoms with Crippen LogP contribution in [0.4, 0.5) is 0 Å². The Hall–Kier alpha value is -5.75. The van der Waals surface area contributed by atoms with Crippen LogP contribution in [0.15, 0.2) is 194 Å². The van der Waals surface area contributed by atoms with Crippen molar-refractivity contribution in [1.29, 1.82) is 0 Å². The Morgan fingerprint density at radius 2 is 0.538 bits per heavy atom. The molecule has 0 radical (unpaired) electrons. The van der Waals surface area contributed by atoms with Gasteiger partial charge in [-0.3, -0.25) is 14.4 Å². The second kappa shape index (κ2) is 63.8. The summed E-state index contributed by atoms with van der Waals surface area (Å²) >= 11 is 0. The summed E-state index contributed by atoms with van der Waals surface area (Å²) in [6, 6.07) is 0. The Labute approximate surface area is 477 Å². The lowest BCUT2D eigenvalue weighted by Gasteiger charge is -2.18. The Morgan fingerprint density at radius 1 is 0.282 bits per heavy atom. The molecule has 0 heterocycles. The second-order valence-electron chi connectivity index (χ2n) is 19.2. The predicted molar refractivity (Wildman–Crippen MR) is 338 cm³/mol. The van der Waals surface area contributed by atoms with Gasteiger partial charge in [0.1, 0.15) is 13.2 Å². The first kappa shape index (κ1) is 72.2. The fourth-order valence-electron chi connectivity index (χ4n) is 7.35. The van der Waals surface area contributed by atoms with E-state index in [0.717, 1.165) is 148 Å². The number of hydrogen-bond donors (Lipinski definition) is 0. The lowest BCUT2D eigenvalue weighted by atomic mass is 10.1. The second-order valence-corrected chi connectivity index (χ2v) is 19.2. The number of allylic oxidation sites excluding steroid dienone is 31. The van der Waals surface area contributed by atoms with Gasteiger partial charge in [0, 0.05) is 12.8 Å². The molecule has 0 spiro atoms. The minimum Gasteiger partial charge on any atom is -0.462 e. The third-order valence-corrected chi connectivity index (χ3v) is 11.8.